The average Bonchev–Trinajstić information content (AvgIpc) is 3.13. The van der Waals surface area contributed by atoms with Crippen molar-refractivity contribution in [2.24, 2.45) is 0 Å². The van der Waals surface area contributed by atoms with Crippen LogP contribution in [-0.2, 0) is 6.67 Å². The lowest BCUT2D eigenvalue weighted by atomic mass is 9.98. The van der Waals surface area contributed by atoms with E-state index >= 15 is 0 Å². The van der Waals surface area contributed by atoms with Gasteiger partial charge in [-0.15, -0.1) is 0 Å². The van der Waals surface area contributed by atoms with Crippen LogP contribution >= 0.6 is 0 Å². The zero-order chi connectivity index (χ0) is 17.2. The number of fused-ring (bicyclic) bond motifs is 1. The third-order valence-corrected chi connectivity index (χ3v) is 4.96. The Bertz CT molecular complexity index is 934. The smallest absolute Gasteiger partial charge is 0.275 e. The van der Waals surface area contributed by atoms with Gasteiger partial charge in [-0.2, -0.15) is 5.10 Å². The molecule has 0 amide bonds. The second-order valence-electron chi connectivity index (χ2n) is 6.51. The van der Waals surface area contributed by atoms with Gasteiger partial charge in [0.25, 0.3) is 5.56 Å². The molecule has 0 unspecified atom stereocenters. The minimum absolute atomic E-state index is 0.0222. The average molecular weight is 335 g/mol. The topological polar surface area (TPSA) is 47.4 Å². The zero-order valence-electron chi connectivity index (χ0n) is 14.3. The van der Waals surface area contributed by atoms with E-state index in [1.165, 1.54) is 5.56 Å². The number of rotatable bonds is 4. The van der Waals surface area contributed by atoms with E-state index in [1.807, 2.05) is 36.4 Å². The van der Waals surface area contributed by atoms with Crippen molar-refractivity contribution in [3.63, 3.8) is 0 Å². The van der Waals surface area contributed by atoms with Crippen molar-refractivity contribution in [3.05, 3.63) is 70.6 Å². The van der Waals surface area contributed by atoms with Crippen molar-refractivity contribution >= 4 is 10.8 Å². The maximum absolute atomic E-state index is 12.6. The number of hydrogen-bond acceptors (Lipinski definition) is 4. The van der Waals surface area contributed by atoms with Crippen LogP contribution in [0.4, 0.5) is 0 Å². The molecule has 1 aliphatic rings. The molecule has 3 aromatic rings. The van der Waals surface area contributed by atoms with Crippen LogP contribution in [0.2, 0.25) is 0 Å². The van der Waals surface area contributed by atoms with Gasteiger partial charge in [0, 0.05) is 18.5 Å². The first-order valence-electron chi connectivity index (χ1n) is 8.56. The summed E-state index contributed by atoms with van der Waals surface area (Å²) in [6.07, 6.45) is 2.86. The number of aromatic nitrogens is 2. The van der Waals surface area contributed by atoms with Gasteiger partial charge in [-0.3, -0.25) is 9.69 Å². The second-order valence-corrected chi connectivity index (χ2v) is 6.51. The summed E-state index contributed by atoms with van der Waals surface area (Å²) in [5.74, 6) is 1.37. The molecule has 0 spiro atoms. The first-order valence-corrected chi connectivity index (χ1v) is 8.56. The third kappa shape index (κ3) is 3.15. The van der Waals surface area contributed by atoms with Crippen LogP contribution in [-0.4, -0.2) is 34.9 Å². The summed E-state index contributed by atoms with van der Waals surface area (Å²) in [6, 6.07) is 15.9. The molecule has 0 N–H and O–H groups in total. The fraction of sp³-hybridized carbons (Fsp3) is 0.300. The lowest BCUT2D eigenvalue weighted by molar-refractivity contribution is 0.247. The number of hydrogen-bond donors (Lipinski definition) is 0. The van der Waals surface area contributed by atoms with Gasteiger partial charge in [-0.25, -0.2) is 4.68 Å². The van der Waals surface area contributed by atoms with E-state index < -0.39 is 0 Å². The summed E-state index contributed by atoms with van der Waals surface area (Å²) in [6.45, 7) is 2.45. The Balaban J connectivity index is 1.49. The van der Waals surface area contributed by atoms with Crippen LogP contribution in [0, 0.1) is 0 Å². The van der Waals surface area contributed by atoms with Crippen molar-refractivity contribution in [1.29, 1.82) is 0 Å². The summed E-state index contributed by atoms with van der Waals surface area (Å²) in [7, 11) is 1.68. The summed E-state index contributed by atoms with van der Waals surface area (Å²) < 4.78 is 6.79. The Morgan fingerprint density at radius 2 is 1.96 bits per heavy atom. The Morgan fingerprint density at radius 1 is 1.16 bits per heavy atom. The number of nitrogens with zero attached hydrogens (tertiary/aromatic N) is 3. The van der Waals surface area contributed by atoms with E-state index in [0.29, 0.717) is 12.6 Å². The third-order valence-electron chi connectivity index (χ3n) is 4.96. The molecule has 1 saturated heterocycles. The molecule has 25 heavy (non-hydrogen) atoms. The molecule has 5 heteroatoms. The molecule has 0 aliphatic carbocycles. The molecule has 1 aliphatic heterocycles. The molecule has 4 rings (SSSR count). The second kappa shape index (κ2) is 6.69. The predicted molar refractivity (Wildman–Crippen MR) is 97.9 cm³/mol. The van der Waals surface area contributed by atoms with Crippen LogP contribution < -0.4 is 10.3 Å². The summed E-state index contributed by atoms with van der Waals surface area (Å²) in [4.78, 5) is 14.9. The summed E-state index contributed by atoms with van der Waals surface area (Å²) >= 11 is 0. The highest BCUT2D eigenvalue weighted by Gasteiger charge is 2.24. The normalized spacial score (nSPS) is 17.9. The summed E-state index contributed by atoms with van der Waals surface area (Å²) in [5, 5.41) is 5.95. The first kappa shape index (κ1) is 15.8. The van der Waals surface area contributed by atoms with Crippen LogP contribution in [0.1, 0.15) is 17.9 Å². The van der Waals surface area contributed by atoms with Gasteiger partial charge in [0.1, 0.15) is 5.75 Å². The lowest BCUT2D eigenvalue weighted by Crippen LogP contribution is -2.32. The molecule has 1 fully saturated rings. The highest BCUT2D eigenvalue weighted by Crippen LogP contribution is 2.28. The van der Waals surface area contributed by atoms with Gasteiger partial charge in [0.2, 0.25) is 0 Å². The van der Waals surface area contributed by atoms with E-state index in [9.17, 15) is 4.79 Å². The number of likely N-dealkylation sites (tertiary alicyclic amines) is 1. The highest BCUT2D eigenvalue weighted by atomic mass is 16.5. The van der Waals surface area contributed by atoms with Crippen LogP contribution in [0.5, 0.6) is 5.75 Å². The van der Waals surface area contributed by atoms with Gasteiger partial charge >= 0.3 is 0 Å². The van der Waals surface area contributed by atoms with Crippen molar-refractivity contribution in [3.8, 4) is 5.75 Å². The minimum atomic E-state index is -0.0222. The van der Waals surface area contributed by atoms with E-state index in [2.05, 4.69) is 22.1 Å². The van der Waals surface area contributed by atoms with Crippen molar-refractivity contribution in [2.45, 2.75) is 19.0 Å². The molecule has 128 valence electrons. The Hall–Kier alpha value is -2.66. The number of ether oxygens (including phenoxy) is 1. The van der Waals surface area contributed by atoms with E-state index in [4.69, 9.17) is 4.74 Å². The fourth-order valence-corrected chi connectivity index (χ4v) is 3.53. The summed E-state index contributed by atoms with van der Waals surface area (Å²) in [5.41, 5.74) is 1.30. The Kier molecular flexibility index (Phi) is 4.24. The van der Waals surface area contributed by atoms with Gasteiger partial charge < -0.3 is 4.74 Å². The quantitative estimate of drug-likeness (QED) is 0.735. The fourth-order valence-electron chi connectivity index (χ4n) is 3.53. The van der Waals surface area contributed by atoms with E-state index in [1.54, 1.807) is 18.0 Å². The molecular formula is C20H21N3O2. The largest absolute Gasteiger partial charge is 0.497 e. The van der Waals surface area contributed by atoms with Crippen LogP contribution in [0.15, 0.2) is 59.5 Å². The van der Waals surface area contributed by atoms with Crippen LogP contribution in [0.3, 0.4) is 0 Å². The predicted octanol–water partition coefficient (Wildman–Crippen LogP) is 2.85. The molecule has 5 nitrogen and oxygen atoms in total. The first-order chi connectivity index (χ1) is 12.2. The lowest BCUT2D eigenvalue weighted by Gasteiger charge is -2.17. The molecule has 0 saturated carbocycles. The standard InChI is InChI=1S/C20H21N3O2/c1-25-18-8-6-15(7-9-18)17-10-11-22(13-17)14-23-20(24)19-5-3-2-4-16(19)12-21-23/h2-9,12,17H,10-11,13-14H2,1H3/t17-/m1/s1. The van der Waals surface area contributed by atoms with Gasteiger partial charge in [0.05, 0.1) is 25.4 Å². The molecule has 1 atom stereocenters. The van der Waals surface area contributed by atoms with Crippen LogP contribution in [0.25, 0.3) is 10.8 Å². The van der Waals surface area contributed by atoms with Gasteiger partial charge in [-0.1, -0.05) is 30.3 Å². The Labute approximate surface area is 146 Å². The monoisotopic (exact) mass is 335 g/mol. The van der Waals surface area contributed by atoms with Crippen molar-refractivity contribution < 1.29 is 4.74 Å². The molecule has 2 heterocycles. The van der Waals surface area contributed by atoms with E-state index in [-0.39, 0.29) is 5.56 Å². The number of methoxy groups -OCH3 is 1. The van der Waals surface area contributed by atoms with Crippen molar-refractivity contribution in [2.75, 3.05) is 20.2 Å². The van der Waals surface area contributed by atoms with E-state index in [0.717, 1.165) is 36.0 Å². The molecular weight excluding hydrogens is 314 g/mol. The van der Waals surface area contributed by atoms with Gasteiger partial charge in [0.15, 0.2) is 0 Å². The molecule has 1 aromatic heterocycles. The van der Waals surface area contributed by atoms with Crippen molar-refractivity contribution in [1.82, 2.24) is 14.7 Å². The minimum Gasteiger partial charge on any atom is -0.497 e. The van der Waals surface area contributed by atoms with Gasteiger partial charge in [-0.05, 0) is 36.1 Å². The molecule has 2 aromatic carbocycles. The molecule has 0 bridgehead atoms. The number of benzene rings is 2. The maximum Gasteiger partial charge on any atom is 0.275 e. The zero-order valence-corrected chi connectivity index (χ0v) is 14.3. The Morgan fingerprint density at radius 3 is 2.76 bits per heavy atom. The maximum atomic E-state index is 12.6. The SMILES string of the molecule is COc1ccc([C@@H]2CCN(Cn3ncc4ccccc4c3=O)C2)cc1. The highest BCUT2D eigenvalue weighted by molar-refractivity contribution is 5.80. The molecule has 0 radical (unpaired) electrons.